The molecule has 0 radical (unpaired) electrons. The first kappa shape index (κ1) is 15.8. The van der Waals surface area contributed by atoms with Gasteiger partial charge in [-0.2, -0.15) is 0 Å². The van der Waals surface area contributed by atoms with Crippen molar-refractivity contribution in [2.75, 3.05) is 12.3 Å². The van der Waals surface area contributed by atoms with Crippen LogP contribution in [0.2, 0.25) is 0 Å². The molecule has 1 heterocycles. The predicted molar refractivity (Wildman–Crippen MR) is 76.3 cm³/mol. The summed E-state index contributed by atoms with van der Waals surface area (Å²) in [5.74, 6) is -0.809. The molecule has 2 aliphatic rings. The predicted octanol–water partition coefficient (Wildman–Crippen LogP) is 0.487. The molecule has 0 spiro atoms. The molecule has 3 N–H and O–H groups in total. The van der Waals surface area contributed by atoms with Crippen molar-refractivity contribution in [1.82, 2.24) is 10.6 Å². The van der Waals surface area contributed by atoms with Crippen LogP contribution in [-0.2, 0) is 14.6 Å². The summed E-state index contributed by atoms with van der Waals surface area (Å²) in [4.78, 5) is 22.5. The van der Waals surface area contributed by atoms with Crippen LogP contribution in [0.3, 0.4) is 0 Å². The minimum atomic E-state index is -3.17. The highest BCUT2D eigenvalue weighted by molar-refractivity contribution is 7.94. The summed E-state index contributed by atoms with van der Waals surface area (Å²) in [5.41, 5.74) is 0. The quantitative estimate of drug-likeness (QED) is 0.698. The standard InChI is InChI=1S/C13H20N2O5S/c16-12(17)10-3-1-9(2-4-10)7-14-13(18)15-11-5-6-21(19,20)8-11/h5-6,9-11H,1-4,7-8H2,(H,16,17)(H2,14,15,18). The van der Waals surface area contributed by atoms with Crippen molar-refractivity contribution in [3.05, 3.63) is 11.5 Å². The van der Waals surface area contributed by atoms with Gasteiger partial charge in [0.2, 0.25) is 0 Å². The van der Waals surface area contributed by atoms with E-state index in [4.69, 9.17) is 5.11 Å². The largest absolute Gasteiger partial charge is 0.481 e. The number of aliphatic carboxylic acids is 1. The summed E-state index contributed by atoms with van der Waals surface area (Å²) in [6.45, 7) is 0.487. The van der Waals surface area contributed by atoms with Crippen LogP contribution < -0.4 is 10.6 Å². The number of urea groups is 1. The van der Waals surface area contributed by atoms with Crippen LogP contribution in [0, 0.1) is 11.8 Å². The molecular formula is C13H20N2O5S. The molecule has 1 fully saturated rings. The van der Waals surface area contributed by atoms with Gasteiger partial charge in [-0.15, -0.1) is 0 Å². The van der Waals surface area contributed by atoms with Crippen molar-refractivity contribution in [2.45, 2.75) is 31.7 Å². The van der Waals surface area contributed by atoms with Crippen LogP contribution in [0.4, 0.5) is 4.79 Å². The number of carbonyl (C=O) groups excluding carboxylic acids is 1. The van der Waals surface area contributed by atoms with Crippen LogP contribution in [0.5, 0.6) is 0 Å². The fourth-order valence-electron chi connectivity index (χ4n) is 2.74. The van der Waals surface area contributed by atoms with Gasteiger partial charge in [0.15, 0.2) is 9.84 Å². The minimum absolute atomic E-state index is 0.0931. The number of hydrogen-bond acceptors (Lipinski definition) is 4. The fourth-order valence-corrected chi connectivity index (χ4v) is 3.97. The van der Waals surface area contributed by atoms with E-state index in [-0.39, 0.29) is 23.6 Å². The minimum Gasteiger partial charge on any atom is -0.481 e. The molecule has 1 aliphatic heterocycles. The maximum Gasteiger partial charge on any atom is 0.315 e. The third-order valence-corrected chi connectivity index (χ3v) is 5.39. The summed E-state index contributed by atoms with van der Waals surface area (Å²) >= 11 is 0. The van der Waals surface area contributed by atoms with Gasteiger partial charge < -0.3 is 15.7 Å². The zero-order valence-corrected chi connectivity index (χ0v) is 12.4. The Balaban J connectivity index is 1.66. The molecular weight excluding hydrogens is 296 g/mol. The molecule has 2 rings (SSSR count). The van der Waals surface area contributed by atoms with Crippen LogP contribution >= 0.6 is 0 Å². The molecule has 118 valence electrons. The topological polar surface area (TPSA) is 113 Å². The third-order valence-electron chi connectivity index (χ3n) is 3.99. The lowest BCUT2D eigenvalue weighted by Crippen LogP contribution is -2.44. The Morgan fingerprint density at radius 2 is 1.86 bits per heavy atom. The summed E-state index contributed by atoms with van der Waals surface area (Å²) in [6, 6.07) is -0.861. The van der Waals surface area contributed by atoms with Gasteiger partial charge >= 0.3 is 12.0 Å². The highest BCUT2D eigenvalue weighted by Crippen LogP contribution is 2.28. The molecule has 0 aromatic carbocycles. The Hall–Kier alpha value is -1.57. The molecule has 21 heavy (non-hydrogen) atoms. The second-order valence-corrected chi connectivity index (χ2v) is 7.61. The number of nitrogens with one attached hydrogen (secondary N) is 2. The van der Waals surface area contributed by atoms with E-state index in [9.17, 15) is 18.0 Å². The van der Waals surface area contributed by atoms with Crippen LogP contribution in [0.1, 0.15) is 25.7 Å². The van der Waals surface area contributed by atoms with Gasteiger partial charge in [-0.05, 0) is 37.7 Å². The third kappa shape index (κ3) is 4.73. The highest BCUT2D eigenvalue weighted by Gasteiger charge is 2.27. The average molecular weight is 316 g/mol. The van der Waals surface area contributed by atoms with Crippen LogP contribution in [0.25, 0.3) is 0 Å². The number of hydrogen-bond donors (Lipinski definition) is 3. The van der Waals surface area contributed by atoms with Gasteiger partial charge in [-0.1, -0.05) is 0 Å². The van der Waals surface area contributed by atoms with E-state index in [1.54, 1.807) is 0 Å². The Morgan fingerprint density at radius 3 is 2.38 bits per heavy atom. The highest BCUT2D eigenvalue weighted by atomic mass is 32.2. The summed E-state index contributed by atoms with van der Waals surface area (Å²) in [7, 11) is -3.17. The van der Waals surface area contributed by atoms with E-state index in [0.29, 0.717) is 19.4 Å². The van der Waals surface area contributed by atoms with Gasteiger partial charge in [0.1, 0.15) is 0 Å². The number of amides is 2. The Bertz CT molecular complexity index is 535. The summed E-state index contributed by atoms with van der Waals surface area (Å²) < 4.78 is 22.4. The van der Waals surface area contributed by atoms with Crippen molar-refractivity contribution in [2.24, 2.45) is 11.8 Å². The average Bonchev–Trinajstić information content (AvgIpc) is 2.76. The lowest BCUT2D eigenvalue weighted by molar-refractivity contribution is -0.143. The summed E-state index contributed by atoms with van der Waals surface area (Å²) in [6.07, 6.45) is 4.33. The number of rotatable bonds is 4. The van der Waals surface area contributed by atoms with Crippen molar-refractivity contribution in [1.29, 1.82) is 0 Å². The van der Waals surface area contributed by atoms with Gasteiger partial charge in [0.05, 0.1) is 17.7 Å². The van der Waals surface area contributed by atoms with Gasteiger partial charge in [-0.3, -0.25) is 4.79 Å². The van der Waals surface area contributed by atoms with Crippen molar-refractivity contribution >= 4 is 21.8 Å². The Labute approximate surface area is 123 Å². The molecule has 2 amide bonds. The second-order valence-electron chi connectivity index (χ2n) is 5.67. The lowest BCUT2D eigenvalue weighted by Gasteiger charge is -2.26. The van der Waals surface area contributed by atoms with E-state index >= 15 is 0 Å². The molecule has 0 aromatic rings. The van der Waals surface area contributed by atoms with Crippen molar-refractivity contribution in [3.8, 4) is 0 Å². The molecule has 1 saturated carbocycles. The smallest absolute Gasteiger partial charge is 0.315 e. The first-order valence-corrected chi connectivity index (χ1v) is 8.75. The van der Waals surface area contributed by atoms with Crippen LogP contribution in [-0.4, -0.2) is 43.9 Å². The second kappa shape index (κ2) is 6.46. The Morgan fingerprint density at radius 1 is 1.19 bits per heavy atom. The number of carboxylic acid groups (broad SMARTS) is 1. The Kier molecular flexibility index (Phi) is 4.87. The van der Waals surface area contributed by atoms with E-state index in [1.165, 1.54) is 6.08 Å². The number of carbonyl (C=O) groups is 2. The molecule has 0 saturated heterocycles. The molecule has 1 atom stereocenters. The van der Waals surface area contributed by atoms with Gasteiger partial charge in [0, 0.05) is 12.0 Å². The maximum atomic E-state index is 11.7. The molecule has 7 nitrogen and oxygen atoms in total. The molecule has 1 aliphatic carbocycles. The normalized spacial score (nSPS) is 30.8. The fraction of sp³-hybridized carbons (Fsp3) is 0.692. The summed E-state index contributed by atoms with van der Waals surface area (Å²) in [5, 5.41) is 15.3. The zero-order valence-electron chi connectivity index (χ0n) is 11.6. The number of sulfone groups is 1. The van der Waals surface area contributed by atoms with Gasteiger partial charge in [-0.25, -0.2) is 13.2 Å². The molecule has 0 aromatic heterocycles. The van der Waals surface area contributed by atoms with E-state index in [0.717, 1.165) is 18.2 Å². The SMILES string of the molecule is O=C(NCC1CCC(C(=O)O)CC1)NC1C=CS(=O)(=O)C1. The van der Waals surface area contributed by atoms with Crippen molar-refractivity contribution < 1.29 is 23.1 Å². The van der Waals surface area contributed by atoms with Gasteiger partial charge in [0.25, 0.3) is 0 Å². The molecule has 8 heteroatoms. The maximum absolute atomic E-state index is 11.7. The van der Waals surface area contributed by atoms with Crippen LogP contribution in [0.15, 0.2) is 11.5 Å². The van der Waals surface area contributed by atoms with E-state index in [2.05, 4.69) is 10.6 Å². The monoisotopic (exact) mass is 316 g/mol. The molecule has 1 unspecified atom stereocenters. The first-order chi connectivity index (χ1) is 9.85. The van der Waals surface area contributed by atoms with Crippen molar-refractivity contribution in [3.63, 3.8) is 0 Å². The van der Waals surface area contributed by atoms with E-state index < -0.39 is 21.8 Å². The first-order valence-electron chi connectivity index (χ1n) is 7.04. The lowest BCUT2D eigenvalue weighted by atomic mass is 9.82. The zero-order chi connectivity index (χ0) is 15.5. The molecule has 0 bridgehead atoms. The number of carboxylic acids is 1. The van der Waals surface area contributed by atoms with E-state index in [1.807, 2.05) is 0 Å².